The maximum Gasteiger partial charge on any atom is 0.0111 e. The van der Waals surface area contributed by atoms with E-state index in [1.807, 2.05) is 0 Å². The zero-order chi connectivity index (χ0) is 12.5. The molecule has 0 spiro atoms. The highest BCUT2D eigenvalue weighted by molar-refractivity contribution is 5.00. The van der Waals surface area contributed by atoms with E-state index in [0.29, 0.717) is 6.04 Å². The van der Waals surface area contributed by atoms with E-state index in [2.05, 4.69) is 16.7 Å². The second-order valence-corrected chi connectivity index (χ2v) is 6.72. The van der Waals surface area contributed by atoms with Gasteiger partial charge in [0.25, 0.3) is 0 Å². The summed E-state index contributed by atoms with van der Waals surface area (Å²) < 4.78 is 0. The summed E-state index contributed by atoms with van der Waals surface area (Å²) in [5, 5.41) is 0. The van der Waals surface area contributed by atoms with Crippen LogP contribution >= 0.6 is 0 Å². The van der Waals surface area contributed by atoms with Gasteiger partial charge in [0, 0.05) is 38.8 Å². The van der Waals surface area contributed by atoms with Gasteiger partial charge in [0.2, 0.25) is 0 Å². The number of hydrogen-bond acceptors (Lipinski definition) is 3. The fourth-order valence-corrected chi connectivity index (χ4v) is 4.54. The maximum atomic E-state index is 6.42. The van der Waals surface area contributed by atoms with Gasteiger partial charge in [0.05, 0.1) is 0 Å². The van der Waals surface area contributed by atoms with E-state index in [0.717, 1.165) is 17.8 Å². The highest BCUT2D eigenvalue weighted by Crippen LogP contribution is 2.47. The second-order valence-electron chi connectivity index (χ2n) is 6.72. The van der Waals surface area contributed by atoms with E-state index in [1.165, 1.54) is 65.0 Å². The number of fused-ring (bicyclic) bond motifs is 2. The highest BCUT2D eigenvalue weighted by atomic mass is 15.3. The molecule has 2 saturated carbocycles. The van der Waals surface area contributed by atoms with Crippen LogP contribution in [0.1, 0.15) is 32.6 Å². The molecular weight excluding hydrogens is 222 g/mol. The van der Waals surface area contributed by atoms with Gasteiger partial charge in [-0.1, -0.05) is 6.92 Å². The predicted octanol–water partition coefficient (Wildman–Crippen LogP) is 1.39. The Morgan fingerprint density at radius 2 is 1.67 bits per heavy atom. The molecule has 1 heterocycles. The lowest BCUT2D eigenvalue weighted by molar-refractivity contribution is 0.100. The van der Waals surface area contributed by atoms with Crippen LogP contribution in [-0.4, -0.2) is 55.1 Å². The van der Waals surface area contributed by atoms with Crippen molar-refractivity contribution in [2.75, 3.05) is 39.3 Å². The molecule has 0 amide bonds. The third-order valence-electron chi connectivity index (χ3n) is 5.63. The fourth-order valence-electron chi connectivity index (χ4n) is 4.54. The molecule has 3 nitrogen and oxygen atoms in total. The summed E-state index contributed by atoms with van der Waals surface area (Å²) in [6, 6.07) is 0.512. The Morgan fingerprint density at radius 3 is 2.28 bits per heavy atom. The smallest absolute Gasteiger partial charge is 0.0111 e. The summed E-state index contributed by atoms with van der Waals surface area (Å²) in [6.45, 7) is 9.90. The van der Waals surface area contributed by atoms with Crippen LogP contribution in [0.4, 0.5) is 0 Å². The number of nitrogens with zero attached hydrogens (tertiary/aromatic N) is 2. The van der Waals surface area contributed by atoms with Crippen LogP contribution in [0, 0.1) is 17.8 Å². The molecule has 0 aromatic rings. The molecule has 1 aliphatic heterocycles. The van der Waals surface area contributed by atoms with Crippen LogP contribution in [0.5, 0.6) is 0 Å². The van der Waals surface area contributed by atoms with Gasteiger partial charge in [-0.2, -0.15) is 0 Å². The number of hydrogen-bond donors (Lipinski definition) is 1. The van der Waals surface area contributed by atoms with Crippen molar-refractivity contribution in [2.24, 2.45) is 23.5 Å². The van der Waals surface area contributed by atoms with E-state index < -0.39 is 0 Å². The van der Waals surface area contributed by atoms with Crippen LogP contribution in [0.2, 0.25) is 0 Å². The minimum Gasteiger partial charge on any atom is -0.327 e. The minimum atomic E-state index is 0.512. The van der Waals surface area contributed by atoms with Gasteiger partial charge in [-0.15, -0.1) is 0 Å². The monoisotopic (exact) mass is 251 g/mol. The summed E-state index contributed by atoms with van der Waals surface area (Å²) in [5.41, 5.74) is 6.42. The van der Waals surface area contributed by atoms with Gasteiger partial charge in [0.1, 0.15) is 0 Å². The molecule has 2 bridgehead atoms. The van der Waals surface area contributed by atoms with Crippen molar-refractivity contribution in [2.45, 2.75) is 38.6 Å². The lowest BCUT2D eigenvalue weighted by Gasteiger charge is -2.38. The van der Waals surface area contributed by atoms with Crippen LogP contribution in [0.25, 0.3) is 0 Å². The molecule has 4 unspecified atom stereocenters. The number of piperazine rings is 1. The topological polar surface area (TPSA) is 32.5 Å². The van der Waals surface area contributed by atoms with Crippen LogP contribution in [0.3, 0.4) is 0 Å². The predicted molar refractivity (Wildman–Crippen MR) is 75.5 cm³/mol. The van der Waals surface area contributed by atoms with E-state index in [-0.39, 0.29) is 0 Å². The number of rotatable bonds is 4. The summed E-state index contributed by atoms with van der Waals surface area (Å²) in [7, 11) is 0. The molecule has 18 heavy (non-hydrogen) atoms. The Kier molecular flexibility index (Phi) is 3.92. The summed E-state index contributed by atoms with van der Waals surface area (Å²) in [5.74, 6) is 2.63. The molecule has 3 fully saturated rings. The van der Waals surface area contributed by atoms with Crippen molar-refractivity contribution in [3.05, 3.63) is 0 Å². The third kappa shape index (κ3) is 2.45. The van der Waals surface area contributed by atoms with E-state index >= 15 is 0 Å². The minimum absolute atomic E-state index is 0.512. The Labute approximate surface area is 112 Å². The molecule has 0 radical (unpaired) electrons. The zero-order valence-electron chi connectivity index (χ0n) is 11.9. The Balaban J connectivity index is 1.47. The van der Waals surface area contributed by atoms with Crippen molar-refractivity contribution >= 4 is 0 Å². The Morgan fingerprint density at radius 1 is 1.00 bits per heavy atom. The molecule has 2 aliphatic carbocycles. The van der Waals surface area contributed by atoms with Crippen molar-refractivity contribution in [3.8, 4) is 0 Å². The van der Waals surface area contributed by atoms with Crippen LogP contribution in [0.15, 0.2) is 0 Å². The Hall–Kier alpha value is -0.120. The summed E-state index contributed by atoms with van der Waals surface area (Å²) in [4.78, 5) is 5.29. The molecule has 104 valence electrons. The lowest BCUT2D eigenvalue weighted by Crippen LogP contribution is -2.50. The van der Waals surface area contributed by atoms with Gasteiger partial charge in [-0.25, -0.2) is 0 Å². The summed E-state index contributed by atoms with van der Waals surface area (Å²) in [6.07, 6.45) is 5.59. The SMILES string of the molecule is CCCN1CCN(CC2C3CCC(C3)C2N)CC1. The molecule has 3 rings (SSSR count). The van der Waals surface area contributed by atoms with E-state index in [1.54, 1.807) is 0 Å². The quantitative estimate of drug-likeness (QED) is 0.819. The van der Waals surface area contributed by atoms with Gasteiger partial charge in [0.15, 0.2) is 0 Å². The highest BCUT2D eigenvalue weighted by Gasteiger charge is 2.46. The third-order valence-corrected chi connectivity index (χ3v) is 5.63. The van der Waals surface area contributed by atoms with E-state index in [9.17, 15) is 0 Å². The first kappa shape index (κ1) is 12.9. The molecule has 1 saturated heterocycles. The molecule has 2 N–H and O–H groups in total. The molecule has 3 aliphatic rings. The van der Waals surface area contributed by atoms with E-state index in [4.69, 9.17) is 5.73 Å². The summed E-state index contributed by atoms with van der Waals surface area (Å²) >= 11 is 0. The van der Waals surface area contributed by atoms with Crippen LogP contribution in [-0.2, 0) is 0 Å². The molecule has 0 aromatic carbocycles. The zero-order valence-corrected chi connectivity index (χ0v) is 11.9. The average Bonchev–Trinajstić information content (AvgIpc) is 2.96. The largest absolute Gasteiger partial charge is 0.327 e. The first-order valence-electron chi connectivity index (χ1n) is 7.98. The molecule has 4 atom stereocenters. The van der Waals surface area contributed by atoms with Crippen molar-refractivity contribution in [1.82, 2.24) is 9.80 Å². The average molecular weight is 251 g/mol. The normalized spacial score (nSPS) is 41.7. The van der Waals surface area contributed by atoms with Crippen LogP contribution < -0.4 is 5.73 Å². The van der Waals surface area contributed by atoms with Gasteiger partial charge in [-0.3, -0.25) is 0 Å². The van der Waals surface area contributed by atoms with Gasteiger partial charge in [-0.05, 0) is 50.0 Å². The molecular formula is C15H29N3. The first-order chi connectivity index (χ1) is 8.78. The second kappa shape index (κ2) is 5.48. The van der Waals surface area contributed by atoms with Gasteiger partial charge < -0.3 is 15.5 Å². The lowest BCUT2D eigenvalue weighted by atomic mass is 9.84. The maximum absolute atomic E-state index is 6.42. The molecule has 3 heteroatoms. The van der Waals surface area contributed by atoms with Gasteiger partial charge >= 0.3 is 0 Å². The molecule has 0 aromatic heterocycles. The fraction of sp³-hybridized carbons (Fsp3) is 1.00. The van der Waals surface area contributed by atoms with Crippen molar-refractivity contribution < 1.29 is 0 Å². The van der Waals surface area contributed by atoms with Crippen molar-refractivity contribution in [3.63, 3.8) is 0 Å². The first-order valence-corrected chi connectivity index (χ1v) is 7.98. The van der Waals surface area contributed by atoms with Crippen molar-refractivity contribution in [1.29, 1.82) is 0 Å². The number of nitrogens with two attached hydrogens (primary N) is 1. The Bertz CT molecular complexity index is 271. The standard InChI is InChI=1S/C15H29N3/c1-2-5-17-6-8-18(9-7-17)11-14-12-3-4-13(10-12)15(14)16/h12-15H,2-11,16H2,1H3.